The second-order valence-electron chi connectivity index (χ2n) is 6.82. The molecule has 1 aromatic carbocycles. The fourth-order valence-corrected chi connectivity index (χ4v) is 3.74. The number of ether oxygens (including phenoxy) is 1. The van der Waals surface area contributed by atoms with E-state index in [1.54, 1.807) is 18.0 Å². The average Bonchev–Trinajstić information content (AvgIpc) is 3.30. The van der Waals surface area contributed by atoms with Gasteiger partial charge in [0, 0.05) is 20.1 Å². The minimum Gasteiger partial charge on any atom is -0.492 e. The number of methoxy groups -OCH3 is 1. The summed E-state index contributed by atoms with van der Waals surface area (Å²) in [6, 6.07) is 4.43. The summed E-state index contributed by atoms with van der Waals surface area (Å²) in [7, 11) is 2.87. The number of aryl methyl sites for hydroxylation is 1. The van der Waals surface area contributed by atoms with Gasteiger partial charge in [-0.1, -0.05) is 11.6 Å². The summed E-state index contributed by atoms with van der Waals surface area (Å²) in [5.41, 5.74) is 0.539. The Kier molecular flexibility index (Phi) is 4.91. The van der Waals surface area contributed by atoms with Crippen LogP contribution in [0, 0.1) is 5.82 Å². The molecule has 2 N–H and O–H groups in total. The number of halogens is 2. The van der Waals surface area contributed by atoms with Gasteiger partial charge < -0.3 is 15.0 Å². The van der Waals surface area contributed by atoms with Crippen molar-refractivity contribution >= 4 is 39.9 Å². The molecule has 1 aliphatic heterocycles. The maximum absolute atomic E-state index is 15.1. The van der Waals surface area contributed by atoms with Gasteiger partial charge in [-0.15, -0.1) is 0 Å². The topological polar surface area (TPSA) is 92.2 Å². The number of hydrogen-bond donors (Lipinski definition) is 2. The summed E-state index contributed by atoms with van der Waals surface area (Å²) in [5, 5.41) is 6.22. The number of likely N-dealkylation sites (tertiary alicyclic amines) is 1. The monoisotopic (exact) mass is 419 g/mol. The van der Waals surface area contributed by atoms with Crippen LogP contribution in [0.2, 0.25) is 5.15 Å². The Balaban J connectivity index is 1.77. The minimum atomic E-state index is -0.757. The fourth-order valence-electron chi connectivity index (χ4n) is 3.54. The molecule has 152 valence electrons. The number of nitrogens with zero attached hydrogens (tertiary/aromatic N) is 3. The zero-order chi connectivity index (χ0) is 20.7. The first-order valence-electron chi connectivity index (χ1n) is 9.08. The van der Waals surface area contributed by atoms with Gasteiger partial charge in [-0.25, -0.2) is 9.37 Å². The predicted molar refractivity (Wildman–Crippen MR) is 108 cm³/mol. The molecule has 0 unspecified atom stereocenters. The Morgan fingerprint density at radius 3 is 2.72 bits per heavy atom. The smallest absolute Gasteiger partial charge is 0.277 e. The molecule has 4 rings (SSSR count). The summed E-state index contributed by atoms with van der Waals surface area (Å²) in [4.78, 5) is 30.7. The maximum atomic E-state index is 15.1. The molecule has 2 aromatic heterocycles. The number of fused-ring (bicyclic) bond motifs is 1. The number of rotatable bonds is 4. The van der Waals surface area contributed by atoms with Crippen molar-refractivity contribution in [2.75, 3.05) is 25.5 Å². The van der Waals surface area contributed by atoms with E-state index >= 15 is 4.39 Å². The van der Waals surface area contributed by atoms with Gasteiger partial charge in [0.05, 0.1) is 24.0 Å². The highest BCUT2D eigenvalue weighted by atomic mass is 35.5. The van der Waals surface area contributed by atoms with Crippen LogP contribution >= 0.6 is 11.6 Å². The Hall–Kier alpha value is -3.07. The van der Waals surface area contributed by atoms with Crippen LogP contribution in [-0.4, -0.2) is 45.8 Å². The lowest BCUT2D eigenvalue weighted by Gasteiger charge is -2.18. The van der Waals surface area contributed by atoms with E-state index < -0.39 is 5.82 Å². The van der Waals surface area contributed by atoms with Gasteiger partial charge in [-0.2, -0.15) is 0 Å². The van der Waals surface area contributed by atoms with Crippen molar-refractivity contribution < 1.29 is 13.9 Å². The number of pyridine rings is 1. The van der Waals surface area contributed by atoms with Crippen molar-refractivity contribution in [2.45, 2.75) is 12.8 Å². The fraction of sp³-hybridized carbons (Fsp3) is 0.316. The van der Waals surface area contributed by atoms with E-state index in [9.17, 15) is 9.59 Å². The van der Waals surface area contributed by atoms with Gasteiger partial charge in [0.15, 0.2) is 17.2 Å². The normalized spacial score (nSPS) is 13.9. The first-order valence-corrected chi connectivity index (χ1v) is 9.46. The van der Waals surface area contributed by atoms with Crippen molar-refractivity contribution in [3.05, 3.63) is 45.1 Å². The molecular weight excluding hydrogens is 401 g/mol. The van der Waals surface area contributed by atoms with Crippen LogP contribution in [0.1, 0.15) is 23.2 Å². The average molecular weight is 420 g/mol. The van der Waals surface area contributed by atoms with Crippen LogP contribution in [0.3, 0.4) is 0 Å². The number of benzene rings is 1. The highest BCUT2D eigenvalue weighted by molar-refractivity contribution is 6.30. The molecule has 1 amide bonds. The molecule has 29 heavy (non-hydrogen) atoms. The quantitative estimate of drug-likeness (QED) is 0.634. The zero-order valence-corrected chi connectivity index (χ0v) is 16.6. The third kappa shape index (κ3) is 3.31. The zero-order valence-electron chi connectivity index (χ0n) is 15.9. The van der Waals surface area contributed by atoms with Crippen LogP contribution in [0.4, 0.5) is 15.8 Å². The maximum Gasteiger partial charge on any atom is 0.277 e. The Morgan fingerprint density at radius 1 is 1.31 bits per heavy atom. The van der Waals surface area contributed by atoms with Crippen LogP contribution in [-0.2, 0) is 7.05 Å². The molecule has 0 aliphatic carbocycles. The van der Waals surface area contributed by atoms with Crippen molar-refractivity contribution in [3.8, 4) is 5.75 Å². The van der Waals surface area contributed by atoms with Gasteiger partial charge in [0.25, 0.3) is 11.5 Å². The van der Waals surface area contributed by atoms with Crippen molar-refractivity contribution in [3.63, 3.8) is 0 Å². The van der Waals surface area contributed by atoms with E-state index in [1.807, 2.05) is 0 Å². The third-order valence-corrected chi connectivity index (χ3v) is 5.17. The summed E-state index contributed by atoms with van der Waals surface area (Å²) in [6.07, 6.45) is 1.82. The van der Waals surface area contributed by atoms with E-state index in [-0.39, 0.29) is 39.0 Å². The highest BCUT2D eigenvalue weighted by Gasteiger charge is 2.26. The lowest BCUT2D eigenvalue weighted by molar-refractivity contribution is 0.0787. The Morgan fingerprint density at radius 2 is 2.03 bits per heavy atom. The number of hydrogen-bond acceptors (Lipinski definition) is 5. The standard InChI is InChI=1S/C19H19ClFN5O3/c1-25-19(28)14-12(9-13(20)23-17(14)24-25)22-11-6-5-10(15(21)16(11)29-2)18(27)26-7-3-4-8-26/h5-6,9H,3-4,7-8H2,1-2H3,(H2,22,23,24). The summed E-state index contributed by atoms with van der Waals surface area (Å²) in [6.45, 7) is 1.23. The number of aromatic amines is 1. The minimum absolute atomic E-state index is 0.0511. The van der Waals surface area contributed by atoms with Crippen LogP contribution < -0.4 is 15.6 Å². The molecule has 0 saturated carbocycles. The number of carbonyl (C=O) groups is 1. The SMILES string of the molecule is COc1c(Nc2cc(Cl)nc3[nH]n(C)c(=O)c23)ccc(C(=O)N2CCCC2)c1F. The first kappa shape index (κ1) is 19.3. The van der Waals surface area contributed by atoms with Crippen LogP contribution in [0.5, 0.6) is 5.75 Å². The number of nitrogens with one attached hydrogen (secondary N) is 2. The molecule has 3 aromatic rings. The van der Waals surface area contributed by atoms with E-state index in [4.69, 9.17) is 16.3 Å². The molecule has 0 radical (unpaired) electrons. The van der Waals surface area contributed by atoms with Gasteiger partial charge in [0.1, 0.15) is 10.5 Å². The second kappa shape index (κ2) is 7.40. The molecule has 0 bridgehead atoms. The Labute approximate surface area is 170 Å². The summed E-state index contributed by atoms with van der Waals surface area (Å²) < 4.78 is 21.6. The number of amides is 1. The van der Waals surface area contributed by atoms with E-state index in [1.165, 1.54) is 23.9 Å². The number of carbonyl (C=O) groups excluding carboxylic acids is 1. The molecule has 10 heteroatoms. The summed E-state index contributed by atoms with van der Waals surface area (Å²) >= 11 is 6.06. The molecule has 0 spiro atoms. The second-order valence-corrected chi connectivity index (χ2v) is 7.21. The molecule has 3 heterocycles. The van der Waals surface area contributed by atoms with E-state index in [2.05, 4.69) is 15.4 Å². The van der Waals surface area contributed by atoms with Gasteiger partial charge in [-0.05, 0) is 31.0 Å². The lowest BCUT2D eigenvalue weighted by atomic mass is 10.1. The molecule has 0 atom stereocenters. The molecule has 1 saturated heterocycles. The number of H-pyrrole nitrogens is 1. The van der Waals surface area contributed by atoms with Crippen LogP contribution in [0.15, 0.2) is 23.0 Å². The van der Waals surface area contributed by atoms with Crippen LogP contribution in [0.25, 0.3) is 11.0 Å². The summed E-state index contributed by atoms with van der Waals surface area (Å²) in [5.74, 6) is -1.24. The molecule has 8 nitrogen and oxygen atoms in total. The number of aromatic nitrogens is 3. The van der Waals surface area contributed by atoms with Gasteiger partial charge in [0.2, 0.25) is 0 Å². The predicted octanol–water partition coefficient (Wildman–Crippen LogP) is 3.04. The lowest BCUT2D eigenvalue weighted by Crippen LogP contribution is -2.28. The van der Waals surface area contributed by atoms with E-state index in [0.29, 0.717) is 24.4 Å². The van der Waals surface area contributed by atoms with Crippen molar-refractivity contribution in [1.29, 1.82) is 0 Å². The van der Waals surface area contributed by atoms with Gasteiger partial charge in [-0.3, -0.25) is 19.4 Å². The van der Waals surface area contributed by atoms with E-state index in [0.717, 1.165) is 12.8 Å². The largest absolute Gasteiger partial charge is 0.492 e. The van der Waals surface area contributed by atoms with Gasteiger partial charge >= 0.3 is 0 Å². The van der Waals surface area contributed by atoms with Crippen molar-refractivity contribution in [1.82, 2.24) is 19.7 Å². The molecule has 1 aliphatic rings. The Bertz CT molecular complexity index is 1170. The molecule has 1 fully saturated rings. The molecular formula is C19H19ClFN5O3. The number of anilines is 2. The first-order chi connectivity index (χ1) is 13.9. The van der Waals surface area contributed by atoms with Crippen molar-refractivity contribution in [2.24, 2.45) is 7.05 Å². The highest BCUT2D eigenvalue weighted by Crippen LogP contribution is 2.35. The third-order valence-electron chi connectivity index (χ3n) is 4.97.